The van der Waals surface area contributed by atoms with Crippen LogP contribution in [0.5, 0.6) is 0 Å². The van der Waals surface area contributed by atoms with Crippen molar-refractivity contribution in [2.24, 2.45) is 5.73 Å². The number of anilines is 1. The molecular weight excluding hydrogens is 261 g/mol. The van der Waals surface area contributed by atoms with Gasteiger partial charge in [-0.25, -0.2) is 9.37 Å². The molecule has 2 rings (SSSR count). The zero-order chi connectivity index (χ0) is 13.8. The molecule has 98 valence electrons. The number of thiocarbonyl (C=S) groups is 1. The van der Waals surface area contributed by atoms with E-state index in [9.17, 15) is 4.39 Å². The average molecular weight is 275 g/mol. The number of pyridine rings is 1. The van der Waals surface area contributed by atoms with E-state index in [1.807, 2.05) is 19.1 Å². The standard InChI is InChI=1S/C14H14FN3S/c1-9-5-11(14(16)19)7-13(18-9)17-8-10-3-2-4-12(15)6-10/h2-7H,8H2,1H3,(H2,16,19)(H,17,18). The molecule has 0 amide bonds. The maximum absolute atomic E-state index is 13.0. The SMILES string of the molecule is Cc1cc(C(N)=S)cc(NCc2cccc(F)c2)n1. The number of nitrogens with zero attached hydrogens (tertiary/aromatic N) is 1. The van der Waals surface area contributed by atoms with E-state index in [0.717, 1.165) is 16.8 Å². The Balaban J connectivity index is 2.13. The third-order valence-corrected chi connectivity index (χ3v) is 2.84. The van der Waals surface area contributed by atoms with Crippen molar-refractivity contribution in [2.45, 2.75) is 13.5 Å². The van der Waals surface area contributed by atoms with Crippen LogP contribution in [0.2, 0.25) is 0 Å². The van der Waals surface area contributed by atoms with Gasteiger partial charge in [-0.05, 0) is 36.8 Å². The molecule has 1 aromatic heterocycles. The first-order valence-corrected chi connectivity index (χ1v) is 6.22. The lowest BCUT2D eigenvalue weighted by Crippen LogP contribution is -2.11. The number of aromatic nitrogens is 1. The molecule has 0 saturated heterocycles. The number of hydrogen-bond acceptors (Lipinski definition) is 3. The second-order valence-electron chi connectivity index (χ2n) is 4.23. The van der Waals surface area contributed by atoms with Gasteiger partial charge in [-0.1, -0.05) is 24.4 Å². The van der Waals surface area contributed by atoms with Gasteiger partial charge >= 0.3 is 0 Å². The number of halogens is 1. The Kier molecular flexibility index (Phi) is 4.06. The molecular formula is C14H14FN3S. The predicted molar refractivity (Wildman–Crippen MR) is 78.6 cm³/mol. The van der Waals surface area contributed by atoms with Gasteiger partial charge in [0.25, 0.3) is 0 Å². The zero-order valence-corrected chi connectivity index (χ0v) is 11.3. The van der Waals surface area contributed by atoms with E-state index < -0.39 is 0 Å². The van der Waals surface area contributed by atoms with Crippen LogP contribution < -0.4 is 11.1 Å². The highest BCUT2D eigenvalue weighted by Crippen LogP contribution is 2.12. The van der Waals surface area contributed by atoms with Crippen molar-refractivity contribution in [3.05, 3.63) is 59.0 Å². The molecule has 0 radical (unpaired) electrons. The van der Waals surface area contributed by atoms with Gasteiger partial charge in [-0.15, -0.1) is 0 Å². The topological polar surface area (TPSA) is 50.9 Å². The average Bonchev–Trinajstić information content (AvgIpc) is 2.36. The minimum Gasteiger partial charge on any atom is -0.389 e. The molecule has 0 spiro atoms. The van der Waals surface area contributed by atoms with Crippen molar-refractivity contribution >= 4 is 23.0 Å². The Hall–Kier alpha value is -2.01. The first kappa shape index (κ1) is 13.4. The highest BCUT2D eigenvalue weighted by Gasteiger charge is 2.03. The van der Waals surface area contributed by atoms with E-state index in [4.69, 9.17) is 18.0 Å². The summed E-state index contributed by atoms with van der Waals surface area (Å²) in [5.74, 6) is 0.424. The van der Waals surface area contributed by atoms with Gasteiger partial charge < -0.3 is 11.1 Å². The maximum atomic E-state index is 13.0. The molecule has 0 atom stereocenters. The maximum Gasteiger partial charge on any atom is 0.127 e. The van der Waals surface area contributed by atoms with Crippen LogP contribution >= 0.6 is 12.2 Å². The minimum atomic E-state index is -0.250. The lowest BCUT2D eigenvalue weighted by atomic mass is 10.2. The molecule has 0 fully saturated rings. The molecule has 0 aliphatic heterocycles. The van der Waals surface area contributed by atoms with Crippen LogP contribution in [-0.4, -0.2) is 9.97 Å². The van der Waals surface area contributed by atoms with Gasteiger partial charge in [0, 0.05) is 17.8 Å². The third kappa shape index (κ3) is 3.72. The second-order valence-corrected chi connectivity index (χ2v) is 4.67. The van der Waals surface area contributed by atoms with Crippen molar-refractivity contribution in [3.8, 4) is 0 Å². The Morgan fingerprint density at radius 2 is 2.16 bits per heavy atom. The molecule has 2 aromatic rings. The summed E-state index contributed by atoms with van der Waals surface area (Å²) in [6.45, 7) is 2.36. The van der Waals surface area contributed by atoms with Crippen LogP contribution in [0.4, 0.5) is 10.2 Å². The number of aryl methyl sites for hydroxylation is 1. The first-order valence-electron chi connectivity index (χ1n) is 5.81. The molecule has 1 heterocycles. The molecule has 3 nitrogen and oxygen atoms in total. The van der Waals surface area contributed by atoms with Gasteiger partial charge in [0.2, 0.25) is 0 Å². The monoisotopic (exact) mass is 275 g/mol. The van der Waals surface area contributed by atoms with E-state index in [1.165, 1.54) is 12.1 Å². The fraction of sp³-hybridized carbons (Fsp3) is 0.143. The zero-order valence-electron chi connectivity index (χ0n) is 10.5. The Bertz CT molecular complexity index is 613. The van der Waals surface area contributed by atoms with Crippen LogP contribution in [0.1, 0.15) is 16.8 Å². The Labute approximate surface area is 116 Å². The number of rotatable bonds is 4. The fourth-order valence-electron chi connectivity index (χ4n) is 1.74. The van der Waals surface area contributed by atoms with Crippen LogP contribution in [0.3, 0.4) is 0 Å². The Morgan fingerprint density at radius 3 is 2.84 bits per heavy atom. The predicted octanol–water partition coefficient (Wildman–Crippen LogP) is 2.78. The second kappa shape index (κ2) is 5.75. The summed E-state index contributed by atoms with van der Waals surface area (Å²) >= 11 is 4.95. The third-order valence-electron chi connectivity index (χ3n) is 2.60. The summed E-state index contributed by atoms with van der Waals surface area (Å²) in [5, 5.41) is 3.13. The molecule has 0 bridgehead atoms. The Morgan fingerprint density at radius 1 is 1.37 bits per heavy atom. The molecule has 0 saturated carbocycles. The highest BCUT2D eigenvalue weighted by molar-refractivity contribution is 7.80. The molecule has 19 heavy (non-hydrogen) atoms. The quantitative estimate of drug-likeness (QED) is 0.842. The summed E-state index contributed by atoms with van der Waals surface area (Å²) in [4.78, 5) is 4.67. The highest BCUT2D eigenvalue weighted by atomic mass is 32.1. The summed E-state index contributed by atoms with van der Waals surface area (Å²) in [6, 6.07) is 10.0. The molecule has 0 aliphatic rings. The van der Waals surface area contributed by atoms with E-state index in [0.29, 0.717) is 17.4 Å². The number of benzene rings is 1. The van der Waals surface area contributed by atoms with Crippen molar-refractivity contribution in [3.63, 3.8) is 0 Å². The molecule has 0 aliphatic carbocycles. The first-order chi connectivity index (χ1) is 9.04. The minimum absolute atomic E-state index is 0.250. The van der Waals surface area contributed by atoms with Gasteiger partial charge in [-0.3, -0.25) is 0 Å². The fourth-order valence-corrected chi connectivity index (χ4v) is 1.86. The van der Waals surface area contributed by atoms with Crippen molar-refractivity contribution in [1.82, 2.24) is 4.98 Å². The van der Waals surface area contributed by atoms with Crippen LogP contribution in [-0.2, 0) is 6.54 Å². The van der Waals surface area contributed by atoms with Gasteiger partial charge in [-0.2, -0.15) is 0 Å². The van der Waals surface area contributed by atoms with Crippen molar-refractivity contribution in [1.29, 1.82) is 0 Å². The van der Waals surface area contributed by atoms with Gasteiger partial charge in [0.05, 0.1) is 0 Å². The summed E-state index contributed by atoms with van der Waals surface area (Å²) in [6.07, 6.45) is 0. The lowest BCUT2D eigenvalue weighted by Gasteiger charge is -2.09. The normalized spacial score (nSPS) is 10.2. The van der Waals surface area contributed by atoms with Crippen molar-refractivity contribution < 1.29 is 4.39 Å². The van der Waals surface area contributed by atoms with Gasteiger partial charge in [0.1, 0.15) is 16.6 Å². The number of nitrogens with one attached hydrogen (secondary N) is 1. The van der Waals surface area contributed by atoms with Gasteiger partial charge in [0.15, 0.2) is 0 Å². The van der Waals surface area contributed by atoms with Crippen LogP contribution in [0.15, 0.2) is 36.4 Å². The number of hydrogen-bond donors (Lipinski definition) is 2. The molecule has 1 aromatic carbocycles. The largest absolute Gasteiger partial charge is 0.389 e. The van der Waals surface area contributed by atoms with E-state index >= 15 is 0 Å². The van der Waals surface area contributed by atoms with E-state index in [1.54, 1.807) is 12.1 Å². The van der Waals surface area contributed by atoms with E-state index in [2.05, 4.69) is 10.3 Å². The molecule has 0 unspecified atom stereocenters. The summed E-state index contributed by atoms with van der Waals surface area (Å²) in [7, 11) is 0. The smallest absolute Gasteiger partial charge is 0.127 e. The molecule has 3 N–H and O–H groups in total. The van der Waals surface area contributed by atoms with E-state index in [-0.39, 0.29) is 5.82 Å². The van der Waals surface area contributed by atoms with Crippen LogP contribution in [0.25, 0.3) is 0 Å². The molecule has 5 heteroatoms. The summed E-state index contributed by atoms with van der Waals surface area (Å²) < 4.78 is 13.0. The lowest BCUT2D eigenvalue weighted by molar-refractivity contribution is 0.626. The number of nitrogens with two attached hydrogens (primary N) is 1. The van der Waals surface area contributed by atoms with Crippen molar-refractivity contribution in [2.75, 3.05) is 5.32 Å². The summed E-state index contributed by atoms with van der Waals surface area (Å²) in [5.41, 5.74) is 8.05. The van der Waals surface area contributed by atoms with Crippen LogP contribution in [0, 0.1) is 12.7 Å².